The van der Waals surface area contributed by atoms with Crippen LogP contribution < -0.4 is 11.1 Å². The zero-order chi connectivity index (χ0) is 22.8. The molecule has 0 radical (unpaired) electrons. The van der Waals surface area contributed by atoms with Gasteiger partial charge in [-0.2, -0.15) is 0 Å². The molecule has 0 amide bonds. The predicted molar refractivity (Wildman–Crippen MR) is 132 cm³/mol. The average molecular weight is 436 g/mol. The van der Waals surface area contributed by atoms with Crippen LogP contribution in [-0.4, -0.2) is 24.9 Å². The van der Waals surface area contributed by atoms with Crippen molar-refractivity contribution in [2.45, 2.75) is 13.1 Å². The number of imidazole rings is 2. The number of hydrogen-bond acceptors (Lipinski definition) is 4. The van der Waals surface area contributed by atoms with E-state index in [0.29, 0.717) is 12.1 Å². The molecule has 7 heteroatoms. The van der Waals surface area contributed by atoms with Crippen molar-refractivity contribution in [3.63, 3.8) is 0 Å². The predicted octanol–water partition coefficient (Wildman–Crippen LogP) is 4.38. The second-order valence-corrected chi connectivity index (χ2v) is 8.00. The highest BCUT2D eigenvalue weighted by atomic mass is 15.1. The van der Waals surface area contributed by atoms with Crippen molar-refractivity contribution in [1.82, 2.24) is 19.1 Å². The zero-order valence-corrected chi connectivity index (χ0v) is 18.4. The zero-order valence-electron chi connectivity index (χ0n) is 18.4. The topological polar surface area (TPSA) is 97.5 Å². The Labute approximate surface area is 192 Å². The summed E-state index contributed by atoms with van der Waals surface area (Å²) in [7, 11) is 2.04. The summed E-state index contributed by atoms with van der Waals surface area (Å²) in [6.07, 6.45) is 3.85. The van der Waals surface area contributed by atoms with Crippen LogP contribution in [0.15, 0.2) is 85.2 Å². The minimum absolute atomic E-state index is 0.0688. The van der Waals surface area contributed by atoms with Crippen LogP contribution in [0.25, 0.3) is 22.4 Å². The first-order valence-electron chi connectivity index (χ1n) is 10.8. The first kappa shape index (κ1) is 20.5. The van der Waals surface area contributed by atoms with Crippen LogP contribution in [0.2, 0.25) is 0 Å². The van der Waals surface area contributed by atoms with Crippen LogP contribution in [0, 0.1) is 5.41 Å². The summed E-state index contributed by atoms with van der Waals surface area (Å²) in [6.45, 7) is 1.33. The molecule has 0 aliphatic rings. The minimum atomic E-state index is 0.0688. The number of aromatic nitrogens is 4. The fourth-order valence-electron chi connectivity index (χ4n) is 3.98. The molecule has 0 fully saturated rings. The number of nitrogens with two attached hydrogens (primary N) is 1. The Morgan fingerprint density at radius 3 is 2.58 bits per heavy atom. The monoisotopic (exact) mass is 435 g/mol. The molecule has 2 aromatic heterocycles. The summed E-state index contributed by atoms with van der Waals surface area (Å²) >= 11 is 0. The third-order valence-electron chi connectivity index (χ3n) is 5.78. The van der Waals surface area contributed by atoms with E-state index in [1.807, 2.05) is 61.9 Å². The average Bonchev–Trinajstić information content (AvgIpc) is 3.42. The van der Waals surface area contributed by atoms with E-state index in [4.69, 9.17) is 16.1 Å². The van der Waals surface area contributed by atoms with Gasteiger partial charge in [-0.05, 0) is 42.0 Å². The smallest absolute Gasteiger partial charge is 0.140 e. The van der Waals surface area contributed by atoms with E-state index in [2.05, 4.69) is 49.8 Å². The molecule has 0 atom stereocenters. The van der Waals surface area contributed by atoms with Gasteiger partial charge in [0, 0.05) is 42.8 Å². The maximum absolute atomic E-state index is 7.51. The van der Waals surface area contributed by atoms with E-state index in [9.17, 15) is 0 Å². The first-order valence-corrected chi connectivity index (χ1v) is 10.8. The summed E-state index contributed by atoms with van der Waals surface area (Å²) < 4.78 is 4.27. The van der Waals surface area contributed by atoms with Crippen molar-refractivity contribution < 1.29 is 0 Å². The number of hydrogen-bond donors (Lipinski definition) is 3. The van der Waals surface area contributed by atoms with Crippen LogP contribution in [-0.2, 0) is 20.1 Å². The third kappa shape index (κ3) is 4.21. The van der Waals surface area contributed by atoms with Gasteiger partial charge in [0.25, 0.3) is 0 Å². The highest BCUT2D eigenvalue weighted by molar-refractivity contribution is 5.95. The van der Waals surface area contributed by atoms with Crippen molar-refractivity contribution in [2.75, 3.05) is 5.32 Å². The molecule has 0 spiro atoms. The van der Waals surface area contributed by atoms with Gasteiger partial charge in [0.15, 0.2) is 0 Å². The molecular formula is C26H25N7. The highest BCUT2D eigenvalue weighted by Crippen LogP contribution is 2.21. The van der Waals surface area contributed by atoms with Crippen LogP contribution in [0.1, 0.15) is 17.0 Å². The molecule has 0 unspecified atom stereocenters. The number of benzene rings is 3. The van der Waals surface area contributed by atoms with E-state index in [-0.39, 0.29) is 5.84 Å². The molecule has 5 aromatic rings. The van der Waals surface area contributed by atoms with Crippen molar-refractivity contribution in [3.8, 4) is 11.4 Å². The lowest BCUT2D eigenvalue weighted by Crippen LogP contribution is -2.11. The number of nitrogen functional groups attached to an aromatic ring is 1. The van der Waals surface area contributed by atoms with Crippen molar-refractivity contribution >= 4 is 22.6 Å². The largest absolute Gasteiger partial charge is 0.384 e. The second-order valence-electron chi connectivity index (χ2n) is 8.00. The molecule has 2 heterocycles. The minimum Gasteiger partial charge on any atom is -0.384 e. The van der Waals surface area contributed by atoms with Gasteiger partial charge in [-0.3, -0.25) is 5.41 Å². The van der Waals surface area contributed by atoms with Crippen LogP contribution in [0.4, 0.5) is 5.69 Å². The fraction of sp³-hybridized carbons (Fsp3) is 0.115. The van der Waals surface area contributed by atoms with Crippen LogP contribution in [0.3, 0.4) is 0 Å². The maximum atomic E-state index is 7.51. The Hall–Kier alpha value is -4.39. The lowest BCUT2D eigenvalue weighted by molar-refractivity contribution is 0.808. The van der Waals surface area contributed by atoms with Gasteiger partial charge in [0.1, 0.15) is 17.5 Å². The van der Waals surface area contributed by atoms with Gasteiger partial charge in [-0.15, -0.1) is 0 Å². The van der Waals surface area contributed by atoms with E-state index >= 15 is 0 Å². The Morgan fingerprint density at radius 2 is 1.82 bits per heavy atom. The summed E-state index contributed by atoms with van der Waals surface area (Å²) in [5.41, 5.74) is 11.5. The van der Waals surface area contributed by atoms with Gasteiger partial charge in [0.05, 0.1) is 17.6 Å². The molecule has 164 valence electrons. The molecule has 0 saturated carbocycles. The van der Waals surface area contributed by atoms with Crippen molar-refractivity contribution in [3.05, 3.63) is 102 Å². The quantitative estimate of drug-likeness (QED) is 0.261. The molecule has 0 aliphatic carbocycles. The molecule has 5 rings (SSSR count). The first-order chi connectivity index (χ1) is 16.1. The molecular weight excluding hydrogens is 410 g/mol. The second kappa shape index (κ2) is 8.63. The molecule has 0 saturated heterocycles. The van der Waals surface area contributed by atoms with Gasteiger partial charge < -0.3 is 20.2 Å². The number of anilines is 1. The highest BCUT2D eigenvalue weighted by Gasteiger charge is 2.11. The molecule has 0 aliphatic heterocycles. The normalized spacial score (nSPS) is 11.1. The lowest BCUT2D eigenvalue weighted by atomic mass is 10.2. The summed E-state index contributed by atoms with van der Waals surface area (Å²) in [5.74, 6) is 1.97. The number of rotatable bonds is 7. The van der Waals surface area contributed by atoms with Crippen LogP contribution in [0.5, 0.6) is 0 Å². The standard InChI is InChI=1S/C26H25N7/c1-32-23-12-7-18(17-33-14-13-29-26(33)20-5-3-2-4-6-20)15-22(23)31-24(32)16-30-21-10-8-19(9-11-21)25(27)28/h2-15,30H,16-17H2,1H3,(H3,27,28). The van der Waals surface area contributed by atoms with Gasteiger partial charge in [0.2, 0.25) is 0 Å². The number of amidine groups is 1. The summed E-state index contributed by atoms with van der Waals surface area (Å²) in [6, 6.07) is 24.2. The van der Waals surface area contributed by atoms with Gasteiger partial charge in [-0.1, -0.05) is 36.4 Å². The lowest BCUT2D eigenvalue weighted by Gasteiger charge is -2.08. The summed E-state index contributed by atoms with van der Waals surface area (Å²) in [4.78, 5) is 9.41. The van der Waals surface area contributed by atoms with E-state index in [1.165, 1.54) is 5.56 Å². The molecule has 7 nitrogen and oxygen atoms in total. The summed E-state index contributed by atoms with van der Waals surface area (Å²) in [5, 5.41) is 10.9. The van der Waals surface area contributed by atoms with Crippen molar-refractivity contribution in [1.29, 1.82) is 5.41 Å². The maximum Gasteiger partial charge on any atom is 0.140 e. The van der Waals surface area contributed by atoms with E-state index < -0.39 is 0 Å². The number of nitrogens with zero attached hydrogens (tertiary/aromatic N) is 4. The number of fused-ring (bicyclic) bond motifs is 1. The van der Waals surface area contributed by atoms with E-state index in [0.717, 1.165) is 40.5 Å². The third-order valence-corrected chi connectivity index (χ3v) is 5.78. The van der Waals surface area contributed by atoms with Crippen LogP contribution >= 0.6 is 0 Å². The molecule has 4 N–H and O–H groups in total. The fourth-order valence-corrected chi connectivity index (χ4v) is 3.98. The Balaban J connectivity index is 1.34. The van der Waals surface area contributed by atoms with Crippen molar-refractivity contribution in [2.24, 2.45) is 12.8 Å². The SMILES string of the molecule is Cn1c(CNc2ccc(C(=N)N)cc2)nc2cc(Cn3ccnc3-c3ccccc3)ccc21. The molecule has 33 heavy (non-hydrogen) atoms. The molecule has 0 bridgehead atoms. The van der Waals surface area contributed by atoms with Gasteiger partial charge in [-0.25, -0.2) is 9.97 Å². The van der Waals surface area contributed by atoms with Gasteiger partial charge >= 0.3 is 0 Å². The molecule has 3 aromatic carbocycles. The Kier molecular flexibility index (Phi) is 5.36. The number of nitrogens with one attached hydrogen (secondary N) is 2. The Morgan fingerprint density at radius 1 is 1.03 bits per heavy atom. The Bertz CT molecular complexity index is 1410. The van der Waals surface area contributed by atoms with E-state index in [1.54, 1.807) is 0 Å². The number of aryl methyl sites for hydroxylation is 1.